The van der Waals surface area contributed by atoms with Gasteiger partial charge < -0.3 is 9.80 Å². The zero-order valence-corrected chi connectivity index (χ0v) is 21.0. The van der Waals surface area contributed by atoms with Crippen LogP contribution in [0.4, 0.5) is 5.82 Å². The second-order valence-electron chi connectivity index (χ2n) is 9.60. The lowest BCUT2D eigenvalue weighted by atomic mass is 9.96. The van der Waals surface area contributed by atoms with Gasteiger partial charge in [-0.1, -0.05) is 30.3 Å². The first kappa shape index (κ1) is 23.8. The van der Waals surface area contributed by atoms with E-state index in [-0.39, 0.29) is 11.8 Å². The van der Waals surface area contributed by atoms with E-state index < -0.39 is 10.0 Å². The normalized spacial score (nSPS) is 19.2. The summed E-state index contributed by atoms with van der Waals surface area (Å²) in [4.78, 5) is 22.3. The highest BCUT2D eigenvalue weighted by Gasteiger charge is 2.29. The fourth-order valence-corrected chi connectivity index (χ4v) is 6.69. The summed E-state index contributed by atoms with van der Waals surface area (Å²) >= 11 is 0. The topological polar surface area (TPSA) is 73.8 Å². The minimum absolute atomic E-state index is 0.0667. The maximum absolute atomic E-state index is 13.2. The van der Waals surface area contributed by atoms with Gasteiger partial charge in [0.1, 0.15) is 5.82 Å². The number of pyridine rings is 1. The molecule has 1 amide bonds. The summed E-state index contributed by atoms with van der Waals surface area (Å²) in [6.07, 6.45) is 3.64. The molecule has 0 radical (unpaired) electrons. The molecular formula is C27H32N4O3S. The Hall–Kier alpha value is -2.97. The molecule has 35 heavy (non-hydrogen) atoms. The molecule has 1 atom stereocenters. The van der Waals surface area contributed by atoms with Crippen molar-refractivity contribution in [1.82, 2.24) is 14.2 Å². The predicted molar refractivity (Wildman–Crippen MR) is 138 cm³/mol. The average molecular weight is 493 g/mol. The number of fused-ring (bicyclic) bond motifs is 1. The fraction of sp³-hybridized carbons (Fsp3) is 0.407. The molecule has 2 aliphatic rings. The SMILES string of the molecule is CN(Cc1ccccc1)C(=O)[C@@H]1CCCN(c2ccc3cc(S(=O)(=O)N4CCCC4)ccc3n2)C1. The molecule has 3 aromatic rings. The molecule has 2 aromatic carbocycles. The summed E-state index contributed by atoms with van der Waals surface area (Å²) in [7, 11) is -1.58. The van der Waals surface area contributed by atoms with E-state index in [0.29, 0.717) is 31.1 Å². The summed E-state index contributed by atoms with van der Waals surface area (Å²) < 4.78 is 27.4. The Labute approximate surface area is 207 Å². The number of sulfonamides is 1. The first-order chi connectivity index (χ1) is 16.9. The van der Waals surface area contributed by atoms with Gasteiger partial charge in [0, 0.05) is 45.2 Å². The number of piperidine rings is 1. The smallest absolute Gasteiger partial charge is 0.243 e. The van der Waals surface area contributed by atoms with Crippen molar-refractivity contribution < 1.29 is 13.2 Å². The van der Waals surface area contributed by atoms with Crippen molar-refractivity contribution in [2.75, 3.05) is 38.1 Å². The highest BCUT2D eigenvalue weighted by molar-refractivity contribution is 7.89. The molecule has 0 aliphatic carbocycles. The van der Waals surface area contributed by atoms with Crippen molar-refractivity contribution in [3.05, 3.63) is 66.2 Å². The lowest BCUT2D eigenvalue weighted by Crippen LogP contribution is -2.43. The standard InChI is InChI=1S/C27H32N4O3S/c1-29(19-21-8-3-2-4-9-21)27(32)23-10-7-15-30(20-23)26-14-11-22-18-24(12-13-25(22)28-26)35(33,34)31-16-5-6-17-31/h2-4,8-9,11-14,18,23H,5-7,10,15-17,19-20H2,1H3/t23-/m1/s1. The molecule has 1 aromatic heterocycles. The number of rotatable bonds is 6. The van der Waals surface area contributed by atoms with E-state index in [1.54, 1.807) is 22.5 Å². The molecule has 7 nitrogen and oxygen atoms in total. The first-order valence-electron chi connectivity index (χ1n) is 12.4. The van der Waals surface area contributed by atoms with Crippen molar-refractivity contribution in [2.45, 2.75) is 37.1 Å². The predicted octanol–water partition coefficient (Wildman–Crippen LogP) is 3.89. The van der Waals surface area contributed by atoms with E-state index in [9.17, 15) is 13.2 Å². The molecule has 8 heteroatoms. The van der Waals surface area contributed by atoms with Gasteiger partial charge in [0.05, 0.1) is 16.3 Å². The van der Waals surface area contributed by atoms with E-state index in [4.69, 9.17) is 4.98 Å². The largest absolute Gasteiger partial charge is 0.356 e. The third-order valence-electron chi connectivity index (χ3n) is 7.08. The molecule has 184 valence electrons. The minimum Gasteiger partial charge on any atom is -0.356 e. The molecule has 0 N–H and O–H groups in total. The highest BCUT2D eigenvalue weighted by atomic mass is 32.2. The van der Waals surface area contributed by atoms with Crippen molar-refractivity contribution >= 4 is 32.7 Å². The van der Waals surface area contributed by atoms with Crippen LogP contribution in [-0.2, 0) is 21.4 Å². The summed E-state index contributed by atoms with van der Waals surface area (Å²) in [5.74, 6) is 0.926. The van der Waals surface area contributed by atoms with Gasteiger partial charge in [0.25, 0.3) is 0 Å². The number of carbonyl (C=O) groups excluding carboxylic acids is 1. The van der Waals surface area contributed by atoms with E-state index >= 15 is 0 Å². The van der Waals surface area contributed by atoms with Crippen molar-refractivity contribution in [1.29, 1.82) is 0 Å². The lowest BCUT2D eigenvalue weighted by molar-refractivity contribution is -0.135. The Bertz CT molecular complexity index is 1310. The monoisotopic (exact) mass is 492 g/mol. The van der Waals surface area contributed by atoms with Gasteiger partial charge in [-0.05, 0) is 61.6 Å². The third kappa shape index (κ3) is 5.04. The van der Waals surface area contributed by atoms with E-state index in [0.717, 1.165) is 54.5 Å². The van der Waals surface area contributed by atoms with Crippen molar-refractivity contribution in [3.63, 3.8) is 0 Å². The molecule has 2 aliphatic heterocycles. The summed E-state index contributed by atoms with van der Waals surface area (Å²) in [5, 5.41) is 0.807. The molecule has 5 rings (SSSR count). The maximum Gasteiger partial charge on any atom is 0.243 e. The Balaban J connectivity index is 1.30. The van der Waals surface area contributed by atoms with Gasteiger partial charge in [-0.25, -0.2) is 13.4 Å². The second kappa shape index (κ2) is 9.95. The van der Waals surface area contributed by atoms with E-state index in [2.05, 4.69) is 4.90 Å². The van der Waals surface area contributed by atoms with Crippen molar-refractivity contribution in [2.24, 2.45) is 5.92 Å². The Morgan fingerprint density at radius 1 is 1.00 bits per heavy atom. The number of anilines is 1. The van der Waals surface area contributed by atoms with Crippen LogP contribution in [0, 0.1) is 5.92 Å². The molecule has 0 bridgehead atoms. The Kier molecular flexibility index (Phi) is 6.75. The van der Waals surface area contributed by atoms with Gasteiger partial charge >= 0.3 is 0 Å². The molecule has 2 saturated heterocycles. The van der Waals surface area contributed by atoms with Crippen LogP contribution in [0.1, 0.15) is 31.2 Å². The highest BCUT2D eigenvalue weighted by Crippen LogP contribution is 2.28. The van der Waals surface area contributed by atoms with Crippen LogP contribution in [0.15, 0.2) is 65.6 Å². The zero-order chi connectivity index (χ0) is 24.4. The maximum atomic E-state index is 13.2. The summed E-state index contributed by atoms with van der Waals surface area (Å²) in [6, 6.07) is 19.1. The Morgan fingerprint density at radius 2 is 1.77 bits per heavy atom. The van der Waals surface area contributed by atoms with Gasteiger partial charge in [-0.3, -0.25) is 4.79 Å². The van der Waals surface area contributed by atoms with Crippen LogP contribution in [0.2, 0.25) is 0 Å². The molecule has 3 heterocycles. The number of amides is 1. The van der Waals surface area contributed by atoms with E-state index in [1.807, 2.05) is 54.4 Å². The second-order valence-corrected chi connectivity index (χ2v) is 11.5. The van der Waals surface area contributed by atoms with Crippen LogP contribution in [0.5, 0.6) is 0 Å². The first-order valence-corrected chi connectivity index (χ1v) is 13.8. The number of hydrogen-bond donors (Lipinski definition) is 0. The van der Waals surface area contributed by atoms with Crippen LogP contribution in [0.25, 0.3) is 10.9 Å². The molecule has 2 fully saturated rings. The summed E-state index contributed by atoms with van der Waals surface area (Å²) in [5.41, 5.74) is 1.89. The minimum atomic E-state index is -3.46. The van der Waals surface area contributed by atoms with Crippen LogP contribution in [0.3, 0.4) is 0 Å². The van der Waals surface area contributed by atoms with Gasteiger partial charge in [0.15, 0.2) is 0 Å². The number of hydrogen-bond acceptors (Lipinski definition) is 5. The van der Waals surface area contributed by atoms with Crippen LogP contribution < -0.4 is 4.90 Å². The average Bonchev–Trinajstić information content (AvgIpc) is 3.44. The molecule has 0 saturated carbocycles. The summed E-state index contributed by atoms with van der Waals surface area (Å²) in [6.45, 7) is 3.27. The number of carbonyl (C=O) groups is 1. The number of aromatic nitrogens is 1. The lowest BCUT2D eigenvalue weighted by Gasteiger charge is -2.34. The van der Waals surface area contributed by atoms with Gasteiger partial charge in [-0.2, -0.15) is 4.31 Å². The number of benzene rings is 2. The van der Waals surface area contributed by atoms with Gasteiger partial charge in [0.2, 0.25) is 15.9 Å². The third-order valence-corrected chi connectivity index (χ3v) is 8.98. The quantitative estimate of drug-likeness (QED) is 0.522. The zero-order valence-electron chi connectivity index (χ0n) is 20.1. The van der Waals surface area contributed by atoms with E-state index in [1.165, 1.54) is 0 Å². The van der Waals surface area contributed by atoms with Crippen LogP contribution >= 0.6 is 0 Å². The molecule has 0 unspecified atom stereocenters. The molecular weight excluding hydrogens is 460 g/mol. The van der Waals surface area contributed by atoms with Crippen molar-refractivity contribution in [3.8, 4) is 0 Å². The number of nitrogens with zero attached hydrogens (tertiary/aromatic N) is 4. The Morgan fingerprint density at radius 3 is 2.54 bits per heavy atom. The molecule has 0 spiro atoms. The fourth-order valence-electron chi connectivity index (χ4n) is 5.14. The van der Waals surface area contributed by atoms with Crippen LogP contribution in [-0.4, -0.2) is 61.7 Å². The van der Waals surface area contributed by atoms with Gasteiger partial charge in [-0.15, -0.1) is 0 Å².